The van der Waals surface area contributed by atoms with Crippen molar-refractivity contribution in [2.45, 2.75) is 19.5 Å². The number of aliphatic hydroxyl groups is 1. The van der Waals surface area contributed by atoms with Crippen molar-refractivity contribution < 1.29 is 18.3 Å². The molecule has 0 fully saturated rings. The van der Waals surface area contributed by atoms with Crippen LogP contribution in [-0.2, 0) is 6.18 Å². The number of nitrogen functional groups attached to an aromatic ring is 1. The number of nitrogens with zero attached hydrogens (tertiary/aromatic N) is 1. The minimum Gasteiger partial charge on any atom is -0.396 e. The van der Waals surface area contributed by atoms with Gasteiger partial charge in [-0.2, -0.15) is 13.2 Å². The van der Waals surface area contributed by atoms with E-state index in [2.05, 4.69) is 10.3 Å². The van der Waals surface area contributed by atoms with Crippen LogP contribution in [0.3, 0.4) is 0 Å². The van der Waals surface area contributed by atoms with Crippen LogP contribution in [0.5, 0.6) is 0 Å². The SMILES string of the molecule is CC(CCO)CNc1cc(C(F)(F)F)ncc1N. The van der Waals surface area contributed by atoms with E-state index in [-0.39, 0.29) is 23.9 Å². The molecule has 0 aromatic carbocycles. The molecule has 0 bridgehead atoms. The van der Waals surface area contributed by atoms with Gasteiger partial charge in [0.2, 0.25) is 0 Å². The second kappa shape index (κ2) is 5.90. The standard InChI is InChI=1S/C11H16F3N3O/c1-7(2-3-18)5-16-9-4-10(11(12,13)14)17-6-8(9)15/h4,6-7,18H,2-3,5,15H2,1H3,(H,16,17). The molecule has 1 aromatic rings. The van der Waals surface area contributed by atoms with Crippen LogP contribution in [0.15, 0.2) is 12.3 Å². The predicted octanol–water partition coefficient (Wildman–Crippen LogP) is 2.11. The first-order valence-corrected chi connectivity index (χ1v) is 5.52. The number of nitrogens with two attached hydrogens (primary N) is 1. The number of pyridine rings is 1. The van der Waals surface area contributed by atoms with E-state index in [4.69, 9.17) is 10.8 Å². The van der Waals surface area contributed by atoms with Crippen LogP contribution >= 0.6 is 0 Å². The third-order valence-electron chi connectivity index (χ3n) is 2.49. The van der Waals surface area contributed by atoms with Gasteiger partial charge in [0, 0.05) is 13.2 Å². The summed E-state index contributed by atoms with van der Waals surface area (Å²) in [5.74, 6) is 0.136. The molecule has 0 aliphatic carbocycles. The number of hydrogen-bond acceptors (Lipinski definition) is 4. The minimum atomic E-state index is -4.49. The molecule has 1 atom stereocenters. The average Bonchev–Trinajstić information content (AvgIpc) is 2.26. The summed E-state index contributed by atoms with van der Waals surface area (Å²) in [6, 6.07) is 0.890. The van der Waals surface area contributed by atoms with Gasteiger partial charge in [-0.1, -0.05) is 6.92 Å². The molecule has 102 valence electrons. The Morgan fingerprint density at radius 2 is 2.17 bits per heavy atom. The molecule has 4 N–H and O–H groups in total. The van der Waals surface area contributed by atoms with Gasteiger partial charge in [0.05, 0.1) is 17.6 Å². The number of halogens is 3. The number of aromatic nitrogens is 1. The normalized spacial score (nSPS) is 13.4. The van der Waals surface area contributed by atoms with Crippen LogP contribution in [0.2, 0.25) is 0 Å². The summed E-state index contributed by atoms with van der Waals surface area (Å²) in [4.78, 5) is 3.24. The molecule has 0 amide bonds. The Bertz CT molecular complexity index is 396. The number of anilines is 2. The molecule has 1 aromatic heterocycles. The zero-order chi connectivity index (χ0) is 13.8. The first-order valence-electron chi connectivity index (χ1n) is 5.52. The Labute approximate surface area is 103 Å². The zero-order valence-corrected chi connectivity index (χ0v) is 9.96. The first kappa shape index (κ1) is 14.6. The highest BCUT2D eigenvalue weighted by Crippen LogP contribution is 2.31. The lowest BCUT2D eigenvalue weighted by molar-refractivity contribution is -0.141. The summed E-state index contributed by atoms with van der Waals surface area (Å²) < 4.78 is 37.4. The van der Waals surface area contributed by atoms with Crippen molar-refractivity contribution in [1.29, 1.82) is 0 Å². The highest BCUT2D eigenvalue weighted by molar-refractivity contribution is 5.65. The summed E-state index contributed by atoms with van der Waals surface area (Å²) in [7, 11) is 0. The smallest absolute Gasteiger partial charge is 0.396 e. The van der Waals surface area contributed by atoms with E-state index in [0.29, 0.717) is 13.0 Å². The van der Waals surface area contributed by atoms with Gasteiger partial charge in [-0.15, -0.1) is 0 Å². The highest BCUT2D eigenvalue weighted by atomic mass is 19.4. The van der Waals surface area contributed by atoms with Crippen LogP contribution in [0.4, 0.5) is 24.5 Å². The second-order valence-corrected chi connectivity index (χ2v) is 4.15. The van der Waals surface area contributed by atoms with Crippen LogP contribution in [0.1, 0.15) is 19.0 Å². The van der Waals surface area contributed by atoms with Gasteiger partial charge >= 0.3 is 6.18 Å². The predicted molar refractivity (Wildman–Crippen MR) is 63.0 cm³/mol. The molecule has 0 saturated heterocycles. The molecule has 0 aliphatic heterocycles. The van der Waals surface area contributed by atoms with E-state index < -0.39 is 11.9 Å². The van der Waals surface area contributed by atoms with Gasteiger partial charge < -0.3 is 16.2 Å². The Hall–Kier alpha value is -1.50. The molecule has 18 heavy (non-hydrogen) atoms. The van der Waals surface area contributed by atoms with Gasteiger partial charge in [-0.05, 0) is 18.4 Å². The number of aliphatic hydroxyl groups excluding tert-OH is 1. The maximum atomic E-state index is 12.5. The minimum absolute atomic E-state index is 0.0441. The molecule has 4 nitrogen and oxygen atoms in total. The highest BCUT2D eigenvalue weighted by Gasteiger charge is 2.32. The van der Waals surface area contributed by atoms with E-state index in [1.807, 2.05) is 6.92 Å². The number of nitrogens with one attached hydrogen (secondary N) is 1. The Kier molecular flexibility index (Phi) is 4.77. The van der Waals surface area contributed by atoms with Gasteiger partial charge in [-0.25, -0.2) is 4.98 Å². The lowest BCUT2D eigenvalue weighted by atomic mass is 10.1. The van der Waals surface area contributed by atoms with E-state index in [0.717, 1.165) is 12.3 Å². The lowest BCUT2D eigenvalue weighted by Crippen LogP contribution is -2.15. The Morgan fingerprint density at radius 3 is 2.72 bits per heavy atom. The maximum Gasteiger partial charge on any atom is 0.433 e. The van der Waals surface area contributed by atoms with Gasteiger partial charge in [0.1, 0.15) is 5.69 Å². The first-order chi connectivity index (χ1) is 8.34. The zero-order valence-electron chi connectivity index (χ0n) is 9.96. The molecule has 1 heterocycles. The second-order valence-electron chi connectivity index (χ2n) is 4.15. The molecular weight excluding hydrogens is 247 g/mol. The summed E-state index contributed by atoms with van der Waals surface area (Å²) in [6.07, 6.45) is -2.92. The van der Waals surface area contributed by atoms with Gasteiger partial charge in [-0.3, -0.25) is 0 Å². The van der Waals surface area contributed by atoms with Crippen molar-refractivity contribution in [3.05, 3.63) is 18.0 Å². The van der Waals surface area contributed by atoms with Crippen molar-refractivity contribution in [2.24, 2.45) is 5.92 Å². The van der Waals surface area contributed by atoms with Crippen molar-refractivity contribution in [2.75, 3.05) is 24.2 Å². The van der Waals surface area contributed by atoms with Crippen LogP contribution in [0.25, 0.3) is 0 Å². The van der Waals surface area contributed by atoms with Gasteiger partial charge in [0.25, 0.3) is 0 Å². The summed E-state index contributed by atoms with van der Waals surface area (Å²) in [5, 5.41) is 11.6. The molecule has 0 radical (unpaired) electrons. The Balaban J connectivity index is 2.76. The molecule has 0 spiro atoms. The van der Waals surface area contributed by atoms with E-state index in [1.165, 1.54) is 0 Å². The fourth-order valence-corrected chi connectivity index (χ4v) is 1.38. The maximum absolute atomic E-state index is 12.5. The van der Waals surface area contributed by atoms with Crippen LogP contribution in [-0.4, -0.2) is 23.2 Å². The molecule has 0 aliphatic rings. The Morgan fingerprint density at radius 1 is 1.50 bits per heavy atom. The van der Waals surface area contributed by atoms with Crippen LogP contribution in [0, 0.1) is 5.92 Å². The van der Waals surface area contributed by atoms with Crippen LogP contribution < -0.4 is 11.1 Å². The van der Waals surface area contributed by atoms with E-state index in [1.54, 1.807) is 0 Å². The largest absolute Gasteiger partial charge is 0.433 e. The molecule has 7 heteroatoms. The third-order valence-corrected chi connectivity index (χ3v) is 2.49. The number of rotatable bonds is 5. The molecule has 0 saturated carbocycles. The summed E-state index contributed by atoms with van der Waals surface area (Å²) in [6.45, 7) is 2.36. The number of alkyl halides is 3. The fraction of sp³-hybridized carbons (Fsp3) is 0.545. The summed E-state index contributed by atoms with van der Waals surface area (Å²) >= 11 is 0. The molecule has 1 rings (SSSR count). The van der Waals surface area contributed by atoms with E-state index >= 15 is 0 Å². The van der Waals surface area contributed by atoms with Crippen molar-refractivity contribution in [1.82, 2.24) is 4.98 Å². The fourth-order valence-electron chi connectivity index (χ4n) is 1.38. The average molecular weight is 263 g/mol. The monoisotopic (exact) mass is 263 g/mol. The topological polar surface area (TPSA) is 71.2 Å². The molecular formula is C11H16F3N3O. The van der Waals surface area contributed by atoms with Crippen molar-refractivity contribution >= 4 is 11.4 Å². The number of hydrogen-bond donors (Lipinski definition) is 3. The van der Waals surface area contributed by atoms with Gasteiger partial charge in [0.15, 0.2) is 0 Å². The van der Waals surface area contributed by atoms with Crippen molar-refractivity contribution in [3.8, 4) is 0 Å². The molecule has 1 unspecified atom stereocenters. The summed E-state index contributed by atoms with van der Waals surface area (Å²) in [5.41, 5.74) is 4.95. The van der Waals surface area contributed by atoms with E-state index in [9.17, 15) is 13.2 Å². The lowest BCUT2D eigenvalue weighted by Gasteiger charge is -2.15. The quantitative estimate of drug-likeness (QED) is 0.761. The van der Waals surface area contributed by atoms with Crippen molar-refractivity contribution in [3.63, 3.8) is 0 Å². The third kappa shape index (κ3) is 4.06.